The fraction of sp³-hybridized carbons (Fsp3) is 0. The molecule has 0 aliphatic carbocycles. The summed E-state index contributed by atoms with van der Waals surface area (Å²) in [5.41, 5.74) is 0. The summed E-state index contributed by atoms with van der Waals surface area (Å²) in [5, 5.41) is 0. The van der Waals surface area contributed by atoms with Crippen molar-refractivity contribution in [3.8, 4) is 0 Å². The van der Waals surface area contributed by atoms with Gasteiger partial charge in [0, 0.05) is 0 Å². The van der Waals surface area contributed by atoms with Gasteiger partial charge < -0.3 is 6.15 Å². The maximum absolute atomic E-state index is 0. The Kier molecular flexibility index (Phi) is 1280. The van der Waals surface area contributed by atoms with Gasteiger partial charge in [-0.3, -0.25) is 0 Å². The SMILES string of the molecule is [NH4+].[Rh+2].[Rh+2].[Rh+2].[Rh+2].[Rh+2].[Rh+2].[Rh+2].[Rh+2].[Rh+2].[Rh+2].[Rh+2].[Rh+2]. The number of rotatable bonds is 0. The van der Waals surface area contributed by atoms with E-state index >= 15 is 0 Å². The van der Waals surface area contributed by atoms with Crippen molar-refractivity contribution in [1.82, 2.24) is 6.15 Å². The van der Waals surface area contributed by atoms with E-state index in [-0.39, 0.29) is 240 Å². The van der Waals surface area contributed by atoms with Gasteiger partial charge in [0.1, 0.15) is 0 Å². The van der Waals surface area contributed by atoms with E-state index in [1.54, 1.807) is 0 Å². The fourth-order valence-corrected chi connectivity index (χ4v) is 0. The molecule has 13 heteroatoms. The van der Waals surface area contributed by atoms with Crippen LogP contribution in [0.2, 0.25) is 0 Å². The van der Waals surface area contributed by atoms with E-state index in [9.17, 15) is 0 Å². The standard InChI is InChI=1S/H3N.12Rh/h1H3;;;;;;;;;;;;/q;12*+2/p+1. The number of hydrogen-bond donors (Lipinski definition) is 1. The first kappa shape index (κ1) is 140. The molecule has 4 N–H and O–H groups in total. The monoisotopic (exact) mass is 1250 g/mol. The summed E-state index contributed by atoms with van der Waals surface area (Å²) >= 11 is 0. The quantitative estimate of drug-likeness (QED) is 0.341. The molecule has 0 atom stereocenters. The number of hydrogen-bond acceptors (Lipinski definition) is 0. The molecule has 0 fully saturated rings. The van der Waals surface area contributed by atoms with Crippen molar-refractivity contribution in [2.24, 2.45) is 0 Å². The van der Waals surface area contributed by atoms with Crippen molar-refractivity contribution >= 4 is 0 Å². The normalized spacial score (nSPS) is 0. The minimum absolute atomic E-state index is 0. The zero-order valence-corrected chi connectivity index (χ0v) is 24.7. The van der Waals surface area contributed by atoms with Crippen LogP contribution in [0.15, 0.2) is 0 Å². The second kappa shape index (κ2) is 119. The second-order valence-corrected chi connectivity index (χ2v) is 0. The molecule has 0 rings (SSSR count). The first-order valence-electron chi connectivity index (χ1n) is 0. The van der Waals surface area contributed by atoms with E-state index in [1.807, 2.05) is 0 Å². The molecule has 13 heavy (non-hydrogen) atoms. The Hall–Kier alpha value is 7.44. The predicted octanol–water partition coefficient (Wildman–Crippen LogP) is 0.346. The van der Waals surface area contributed by atoms with Gasteiger partial charge in [-0.25, -0.2) is 0 Å². The van der Waals surface area contributed by atoms with E-state index in [2.05, 4.69) is 0 Å². The molecule has 0 unspecified atom stereocenters. The Labute approximate surface area is 234 Å². The van der Waals surface area contributed by atoms with Crippen LogP contribution in [0.1, 0.15) is 0 Å². The molecule has 0 bridgehead atoms. The Morgan fingerprint density at radius 1 is 0.154 bits per heavy atom. The molecule has 0 spiro atoms. The predicted molar refractivity (Wildman–Crippen MR) is 5.98 cm³/mol. The third-order valence-electron chi connectivity index (χ3n) is 0. The Morgan fingerprint density at radius 2 is 0.154 bits per heavy atom. The maximum atomic E-state index is 0. The van der Waals surface area contributed by atoms with Gasteiger partial charge in [0.05, 0.1) is 0 Å². The van der Waals surface area contributed by atoms with Crippen LogP contribution >= 0.6 is 0 Å². The van der Waals surface area contributed by atoms with Crippen LogP contribution in [-0.4, -0.2) is 0 Å². The minimum Gasteiger partial charge on any atom is -0.369 e. The molecule has 1 nitrogen and oxygen atoms in total. The molecular formula is H4NRh12+25. The summed E-state index contributed by atoms with van der Waals surface area (Å²) < 4.78 is 0. The fourth-order valence-electron chi connectivity index (χ4n) is 0. The summed E-state index contributed by atoms with van der Waals surface area (Å²) in [6.07, 6.45) is 0. The largest absolute Gasteiger partial charge is 2.00 e. The summed E-state index contributed by atoms with van der Waals surface area (Å²) in [5.74, 6) is 0. The van der Waals surface area contributed by atoms with Gasteiger partial charge in [-0.05, 0) is 0 Å². The average molecular weight is 1250 g/mol. The van der Waals surface area contributed by atoms with Crippen LogP contribution in [0.25, 0.3) is 0 Å². The van der Waals surface area contributed by atoms with E-state index in [4.69, 9.17) is 0 Å². The van der Waals surface area contributed by atoms with Gasteiger partial charge in [0.25, 0.3) is 0 Å². The number of quaternary nitrogens is 1. The minimum atomic E-state index is 0. The summed E-state index contributed by atoms with van der Waals surface area (Å²) in [4.78, 5) is 0. The van der Waals surface area contributed by atoms with Crippen molar-refractivity contribution in [1.29, 1.82) is 0 Å². The smallest absolute Gasteiger partial charge is 0.369 e. The molecule has 12 radical (unpaired) electrons. The molecule has 0 aromatic carbocycles. The van der Waals surface area contributed by atoms with Crippen molar-refractivity contribution < 1.29 is 234 Å². The molecular weight excluding hydrogens is 1250 g/mol. The summed E-state index contributed by atoms with van der Waals surface area (Å²) in [6.45, 7) is 0. The van der Waals surface area contributed by atoms with Crippen molar-refractivity contribution in [3.05, 3.63) is 0 Å². The summed E-state index contributed by atoms with van der Waals surface area (Å²) in [6, 6.07) is 0. The van der Waals surface area contributed by atoms with Crippen molar-refractivity contribution in [3.63, 3.8) is 0 Å². The van der Waals surface area contributed by atoms with Gasteiger partial charge in [0.2, 0.25) is 0 Å². The average Bonchev–Trinajstić information content (AvgIpc) is 0. The Bertz CT molecular complexity index is 5.09. The first-order valence-corrected chi connectivity index (χ1v) is 0. The molecule has 0 saturated heterocycles. The third kappa shape index (κ3) is 107. The second-order valence-electron chi connectivity index (χ2n) is 0. The van der Waals surface area contributed by atoms with Gasteiger partial charge in [-0.1, -0.05) is 0 Å². The van der Waals surface area contributed by atoms with Crippen LogP contribution in [-0.2, 0) is 234 Å². The zero-order valence-electron chi connectivity index (χ0n) is 5.00. The molecule has 0 aromatic heterocycles. The van der Waals surface area contributed by atoms with Gasteiger partial charge >= 0.3 is 234 Å². The maximum Gasteiger partial charge on any atom is 2.00 e. The van der Waals surface area contributed by atoms with Gasteiger partial charge in [0.15, 0.2) is 0 Å². The van der Waals surface area contributed by atoms with Crippen molar-refractivity contribution in [2.75, 3.05) is 0 Å². The molecule has 0 saturated carbocycles. The van der Waals surface area contributed by atoms with Crippen LogP contribution < -0.4 is 6.15 Å². The Morgan fingerprint density at radius 3 is 0.154 bits per heavy atom. The Balaban J connectivity index is 0. The van der Waals surface area contributed by atoms with E-state index < -0.39 is 0 Å². The van der Waals surface area contributed by atoms with E-state index in [0.717, 1.165) is 0 Å². The zero-order chi connectivity index (χ0) is 0. The molecule has 0 heterocycles. The van der Waals surface area contributed by atoms with Gasteiger partial charge in [-0.15, -0.1) is 0 Å². The molecule has 0 aliphatic rings. The van der Waals surface area contributed by atoms with E-state index in [1.165, 1.54) is 0 Å². The molecule has 0 aliphatic heterocycles. The molecule has 0 aromatic rings. The molecule has 0 amide bonds. The van der Waals surface area contributed by atoms with Crippen molar-refractivity contribution in [2.45, 2.75) is 0 Å². The molecule has 92 valence electrons. The van der Waals surface area contributed by atoms with Crippen LogP contribution in [0, 0.1) is 0 Å². The topological polar surface area (TPSA) is 36.5 Å². The first-order chi connectivity index (χ1) is 0. The van der Waals surface area contributed by atoms with Crippen LogP contribution in [0.3, 0.4) is 0 Å². The van der Waals surface area contributed by atoms with Crippen LogP contribution in [0.4, 0.5) is 0 Å². The van der Waals surface area contributed by atoms with Crippen LogP contribution in [0.5, 0.6) is 0 Å². The van der Waals surface area contributed by atoms with Gasteiger partial charge in [-0.2, -0.15) is 0 Å². The van der Waals surface area contributed by atoms with E-state index in [0.29, 0.717) is 0 Å². The summed E-state index contributed by atoms with van der Waals surface area (Å²) in [7, 11) is 0. The third-order valence-corrected chi connectivity index (χ3v) is 0.